The maximum Gasteiger partial charge on any atom is 0.248 e. The Balaban J connectivity index is 1.18. The highest BCUT2D eigenvalue weighted by molar-refractivity contribution is 6.02. The fourth-order valence-corrected chi connectivity index (χ4v) is 4.86. The Hall–Kier alpha value is -4.76. The van der Waals surface area contributed by atoms with Crippen LogP contribution in [-0.4, -0.2) is 49.8 Å². The normalized spacial score (nSPS) is 15.8. The van der Waals surface area contributed by atoms with Crippen molar-refractivity contribution < 1.29 is 9.53 Å². The topological polar surface area (TPSA) is 96.7 Å². The van der Waals surface area contributed by atoms with Crippen molar-refractivity contribution in [2.45, 2.75) is 25.8 Å². The van der Waals surface area contributed by atoms with E-state index in [1.807, 2.05) is 78.3 Å². The first-order chi connectivity index (χ1) is 19.0. The Labute approximate surface area is 226 Å². The molecule has 1 saturated heterocycles. The van der Waals surface area contributed by atoms with Crippen LogP contribution in [0.5, 0.6) is 11.5 Å². The Kier molecular flexibility index (Phi) is 6.64. The third kappa shape index (κ3) is 5.44. The number of rotatable bonds is 7. The fraction of sp³-hybridized carbons (Fsp3) is 0.200. The van der Waals surface area contributed by atoms with E-state index in [1.54, 1.807) is 12.3 Å². The molecular weight excluding hydrogens is 490 g/mol. The number of amides is 1. The highest BCUT2D eigenvalue weighted by atomic mass is 16.5. The molecule has 1 unspecified atom stereocenters. The van der Waals surface area contributed by atoms with Crippen LogP contribution >= 0.6 is 0 Å². The van der Waals surface area contributed by atoms with Crippen LogP contribution < -0.4 is 15.4 Å². The molecule has 2 aromatic carbocycles. The highest BCUT2D eigenvalue weighted by Gasteiger charge is 2.18. The van der Waals surface area contributed by atoms with E-state index in [0.717, 1.165) is 58.7 Å². The van der Waals surface area contributed by atoms with Gasteiger partial charge in [-0.05, 0) is 87.5 Å². The number of pyridine rings is 1. The number of likely N-dealkylation sites (tertiary alicyclic amines) is 1. The highest BCUT2D eigenvalue weighted by Crippen LogP contribution is 2.30. The lowest BCUT2D eigenvalue weighted by Crippen LogP contribution is -2.23. The molecule has 6 rings (SSSR count). The van der Waals surface area contributed by atoms with E-state index in [9.17, 15) is 4.79 Å². The molecule has 1 fully saturated rings. The van der Waals surface area contributed by atoms with Gasteiger partial charge in [-0.25, -0.2) is 15.0 Å². The first kappa shape index (κ1) is 24.6. The second-order valence-electron chi connectivity index (χ2n) is 9.76. The number of ether oxygens (including phenoxy) is 1. The molecule has 3 aromatic heterocycles. The van der Waals surface area contributed by atoms with Crippen LogP contribution in [-0.2, 0) is 4.79 Å². The van der Waals surface area contributed by atoms with E-state index in [2.05, 4.69) is 37.5 Å². The molecule has 4 heterocycles. The number of imidazole rings is 1. The predicted molar refractivity (Wildman–Crippen MR) is 153 cm³/mol. The molecule has 5 aromatic rings. The summed E-state index contributed by atoms with van der Waals surface area (Å²) in [6.45, 7) is 3.06. The number of aromatic nitrogens is 4. The lowest BCUT2D eigenvalue weighted by Gasteiger charge is -2.14. The van der Waals surface area contributed by atoms with Crippen molar-refractivity contribution in [1.29, 1.82) is 0 Å². The largest absolute Gasteiger partial charge is 0.456 e. The Morgan fingerprint density at radius 3 is 2.82 bits per heavy atom. The lowest BCUT2D eigenvalue weighted by atomic mass is 10.1. The van der Waals surface area contributed by atoms with Crippen LogP contribution in [0.1, 0.15) is 18.4 Å². The molecule has 1 aliphatic rings. The zero-order chi connectivity index (χ0) is 26.8. The maximum absolute atomic E-state index is 12.6. The van der Waals surface area contributed by atoms with Gasteiger partial charge in [-0.15, -0.1) is 0 Å². The third-order valence-electron chi connectivity index (χ3n) is 6.98. The van der Waals surface area contributed by atoms with Crippen LogP contribution in [0.3, 0.4) is 0 Å². The van der Waals surface area contributed by atoms with Crippen molar-refractivity contribution in [2.75, 3.05) is 24.2 Å². The van der Waals surface area contributed by atoms with E-state index >= 15 is 0 Å². The molecule has 9 heteroatoms. The van der Waals surface area contributed by atoms with Crippen molar-refractivity contribution in [3.8, 4) is 11.5 Å². The monoisotopic (exact) mass is 519 g/mol. The number of nitrogens with zero attached hydrogens (tertiary/aromatic N) is 5. The van der Waals surface area contributed by atoms with Gasteiger partial charge in [0.25, 0.3) is 0 Å². The minimum absolute atomic E-state index is 0.153. The van der Waals surface area contributed by atoms with Crippen LogP contribution in [0.2, 0.25) is 0 Å². The smallest absolute Gasteiger partial charge is 0.248 e. The number of likely N-dealkylation sites (N-methyl/N-ethyl adjacent to an activating group) is 1. The zero-order valence-electron chi connectivity index (χ0n) is 21.8. The summed E-state index contributed by atoms with van der Waals surface area (Å²) in [4.78, 5) is 27.9. The third-order valence-corrected chi connectivity index (χ3v) is 6.98. The second-order valence-corrected chi connectivity index (χ2v) is 9.76. The lowest BCUT2D eigenvalue weighted by molar-refractivity contribution is -0.111. The van der Waals surface area contributed by atoms with Crippen molar-refractivity contribution in [2.24, 2.45) is 0 Å². The van der Waals surface area contributed by atoms with Crippen LogP contribution in [0.15, 0.2) is 85.6 Å². The molecule has 0 aliphatic carbocycles. The summed E-state index contributed by atoms with van der Waals surface area (Å²) in [5.74, 6) is 1.98. The minimum Gasteiger partial charge on any atom is -0.456 e. The number of nitrogens with one attached hydrogen (secondary N) is 2. The van der Waals surface area contributed by atoms with Gasteiger partial charge in [0.15, 0.2) is 0 Å². The molecule has 2 N–H and O–H groups in total. The zero-order valence-corrected chi connectivity index (χ0v) is 21.8. The number of fused-ring (bicyclic) bond motifs is 2. The average Bonchev–Trinajstić information content (AvgIpc) is 3.57. The van der Waals surface area contributed by atoms with Gasteiger partial charge >= 0.3 is 0 Å². The van der Waals surface area contributed by atoms with Crippen molar-refractivity contribution >= 4 is 39.6 Å². The molecule has 0 radical (unpaired) electrons. The molecule has 0 spiro atoms. The summed E-state index contributed by atoms with van der Waals surface area (Å²) in [6.07, 6.45) is 12.9. The van der Waals surface area contributed by atoms with E-state index in [1.165, 1.54) is 6.33 Å². The summed E-state index contributed by atoms with van der Waals surface area (Å²) in [7, 11) is 2.09. The molecule has 1 atom stereocenters. The van der Waals surface area contributed by atoms with Crippen LogP contribution in [0, 0.1) is 6.92 Å². The molecule has 9 nitrogen and oxygen atoms in total. The van der Waals surface area contributed by atoms with Crippen molar-refractivity contribution in [1.82, 2.24) is 24.3 Å². The summed E-state index contributed by atoms with van der Waals surface area (Å²) < 4.78 is 8.04. The fourth-order valence-electron chi connectivity index (χ4n) is 4.86. The summed E-state index contributed by atoms with van der Waals surface area (Å²) in [5.41, 5.74) is 4.16. The molecular formula is C30H29N7O2. The number of benzene rings is 2. The summed E-state index contributed by atoms with van der Waals surface area (Å²) in [6, 6.07) is 15.6. The van der Waals surface area contributed by atoms with Crippen molar-refractivity contribution in [3.05, 3.63) is 91.2 Å². The summed E-state index contributed by atoms with van der Waals surface area (Å²) >= 11 is 0. The van der Waals surface area contributed by atoms with E-state index in [4.69, 9.17) is 4.74 Å². The van der Waals surface area contributed by atoms with Gasteiger partial charge in [0.1, 0.15) is 29.3 Å². The number of hydrogen-bond acceptors (Lipinski definition) is 7. The van der Waals surface area contributed by atoms with Crippen LogP contribution in [0.4, 0.5) is 17.2 Å². The molecule has 39 heavy (non-hydrogen) atoms. The van der Waals surface area contributed by atoms with Gasteiger partial charge in [-0.3, -0.25) is 9.69 Å². The molecule has 1 aliphatic heterocycles. The van der Waals surface area contributed by atoms with E-state index in [-0.39, 0.29) is 5.91 Å². The molecule has 0 bridgehead atoms. The number of carbonyl (C=O) groups excluding carboxylic acids is 1. The van der Waals surface area contributed by atoms with E-state index in [0.29, 0.717) is 17.5 Å². The maximum atomic E-state index is 12.6. The first-order valence-corrected chi connectivity index (χ1v) is 12.9. The minimum atomic E-state index is -0.153. The standard InChI is InChI=1S/C30H29N7O2/c1-20-16-21(6-10-27(20)39-24-8-11-28-31-13-15-37(28)18-24)35-30-25-17-22(5-9-26(25)32-19-33-30)34-29(38)12-7-23-4-3-14-36(23)2/h5-13,15-19,23H,3-4,14H2,1-2H3,(H,34,38)(H,32,33,35)/b12-7+. The molecule has 196 valence electrons. The predicted octanol–water partition coefficient (Wildman–Crippen LogP) is 5.71. The number of carbonyl (C=O) groups is 1. The Morgan fingerprint density at radius 2 is 1.97 bits per heavy atom. The average molecular weight is 520 g/mol. The van der Waals surface area contributed by atoms with Crippen LogP contribution in [0.25, 0.3) is 16.6 Å². The van der Waals surface area contributed by atoms with Gasteiger partial charge in [0, 0.05) is 41.3 Å². The Bertz CT molecular complexity index is 1690. The van der Waals surface area contributed by atoms with Gasteiger partial charge < -0.3 is 19.8 Å². The van der Waals surface area contributed by atoms with Gasteiger partial charge in [0.05, 0.1) is 11.7 Å². The second kappa shape index (κ2) is 10.5. The summed E-state index contributed by atoms with van der Waals surface area (Å²) in [5, 5.41) is 7.17. The quantitative estimate of drug-likeness (QED) is 0.266. The molecule has 1 amide bonds. The van der Waals surface area contributed by atoms with Gasteiger partial charge in [-0.1, -0.05) is 6.08 Å². The van der Waals surface area contributed by atoms with Crippen molar-refractivity contribution in [3.63, 3.8) is 0 Å². The molecule has 0 saturated carbocycles. The van der Waals surface area contributed by atoms with Gasteiger partial charge in [0.2, 0.25) is 5.91 Å². The Morgan fingerprint density at radius 1 is 1.08 bits per heavy atom. The van der Waals surface area contributed by atoms with E-state index < -0.39 is 0 Å². The number of hydrogen-bond donors (Lipinski definition) is 2. The first-order valence-electron chi connectivity index (χ1n) is 12.9. The van der Waals surface area contributed by atoms with Gasteiger partial charge in [-0.2, -0.15) is 0 Å². The number of aryl methyl sites for hydroxylation is 1. The SMILES string of the molecule is Cc1cc(Nc2ncnc3ccc(NC(=O)/C=C/C4CCCN4C)cc23)ccc1Oc1ccc2nccn2c1. The number of anilines is 3.